The summed E-state index contributed by atoms with van der Waals surface area (Å²) in [6, 6.07) is 0. The number of hydrogen-bond acceptors (Lipinski definition) is 5. The number of carboxylic acid groups (broad SMARTS) is 1. The number of aliphatic carboxylic acids is 1. The zero-order chi connectivity index (χ0) is 14.6. The lowest BCUT2D eigenvalue weighted by molar-refractivity contribution is -0.158. The first-order valence-electron chi connectivity index (χ1n) is 5.63. The molecule has 0 bridgehead atoms. The van der Waals surface area contributed by atoms with E-state index in [0.717, 1.165) is 0 Å². The maximum atomic E-state index is 11.4. The number of carbonyl (C=O) groups is 3. The molecule has 0 heterocycles. The van der Waals surface area contributed by atoms with Crippen molar-refractivity contribution in [2.24, 2.45) is 17.8 Å². The van der Waals surface area contributed by atoms with Gasteiger partial charge in [-0.05, 0) is 6.42 Å². The van der Waals surface area contributed by atoms with Gasteiger partial charge in [-0.3, -0.25) is 14.4 Å². The number of carboxylic acids is 1. The van der Waals surface area contributed by atoms with Gasteiger partial charge in [-0.1, -0.05) is 34.7 Å². The van der Waals surface area contributed by atoms with Gasteiger partial charge in [-0.25, -0.2) is 0 Å². The Morgan fingerprint density at radius 2 is 1.79 bits per heavy atom. The predicted molar refractivity (Wildman–Crippen MR) is 73.7 cm³/mol. The molecule has 1 aliphatic rings. The van der Waals surface area contributed by atoms with Crippen molar-refractivity contribution in [1.29, 1.82) is 0 Å². The molecule has 7 heteroatoms. The minimum atomic E-state index is -0.999. The van der Waals surface area contributed by atoms with E-state index >= 15 is 0 Å². The third-order valence-electron chi connectivity index (χ3n) is 2.97. The lowest BCUT2D eigenvalue weighted by atomic mass is 10.1. The lowest BCUT2D eigenvalue weighted by Crippen LogP contribution is -2.25. The van der Waals surface area contributed by atoms with Crippen molar-refractivity contribution >= 4 is 40.5 Å². The Morgan fingerprint density at radius 3 is 2.16 bits per heavy atom. The average Bonchev–Trinajstić information content (AvgIpc) is 3.03. The molecule has 19 heavy (non-hydrogen) atoms. The third kappa shape index (κ3) is 3.92. The minimum Gasteiger partial charge on any atom is -0.481 e. The number of methoxy groups -OCH3 is 2. The third-order valence-corrected chi connectivity index (χ3v) is 4.58. The summed E-state index contributed by atoms with van der Waals surface area (Å²) in [5.74, 6) is -3.57. The molecule has 0 saturated heterocycles. The fourth-order valence-electron chi connectivity index (χ4n) is 1.77. The Balaban J connectivity index is 2.56. The molecule has 0 aromatic rings. The normalized spacial score (nSPS) is 25.4. The van der Waals surface area contributed by atoms with Crippen molar-refractivity contribution in [2.45, 2.75) is 10.3 Å². The molecule has 3 atom stereocenters. The molecule has 0 unspecified atom stereocenters. The van der Waals surface area contributed by atoms with E-state index < -0.39 is 23.8 Å². The molecule has 0 amide bonds. The average molecular weight is 382 g/mol. The van der Waals surface area contributed by atoms with Gasteiger partial charge in [0.2, 0.25) is 0 Å². The number of esters is 2. The van der Waals surface area contributed by atoms with Crippen LogP contribution in [0.1, 0.15) is 6.42 Å². The molecule has 1 N–H and O–H groups in total. The smallest absolute Gasteiger partial charge is 0.320 e. The largest absolute Gasteiger partial charge is 0.481 e. The van der Waals surface area contributed by atoms with Crippen molar-refractivity contribution in [2.75, 3.05) is 14.2 Å². The van der Waals surface area contributed by atoms with Crippen molar-refractivity contribution in [3.8, 4) is 0 Å². The number of ether oxygens (including phenoxy) is 2. The van der Waals surface area contributed by atoms with E-state index in [9.17, 15) is 14.4 Å². The Morgan fingerprint density at radius 1 is 1.26 bits per heavy atom. The van der Waals surface area contributed by atoms with Gasteiger partial charge in [0, 0.05) is 9.84 Å². The Bertz CT molecular complexity index is 389. The zero-order valence-electron chi connectivity index (χ0n) is 10.5. The minimum absolute atomic E-state index is 0.0472. The fourth-order valence-corrected chi connectivity index (χ4v) is 3.00. The summed E-state index contributed by atoms with van der Waals surface area (Å²) in [6.07, 6.45) is 3.51. The molecular weight excluding hydrogens is 367 g/mol. The maximum absolute atomic E-state index is 11.4. The number of halogens is 1. The first kappa shape index (κ1) is 15.9. The molecule has 1 aliphatic carbocycles. The van der Waals surface area contributed by atoms with E-state index in [4.69, 9.17) is 5.11 Å². The van der Waals surface area contributed by atoms with Crippen LogP contribution in [0.3, 0.4) is 0 Å². The SMILES string of the molecule is COC(=O)C(C/C=C/[C@H]1[C@@H](I)[C@H]1C(=O)O)C(=O)OC. The first-order chi connectivity index (χ1) is 8.93. The van der Waals surface area contributed by atoms with E-state index in [1.807, 2.05) is 0 Å². The standard InChI is InChI=1S/C12H15IO6/c1-18-11(16)7(12(17)19-2)5-3-4-6-8(9(6)13)10(14)15/h3-4,6-9H,5H2,1-2H3,(H,14,15)/b4-3+/t6-,8+,9-/m1/s1. The maximum Gasteiger partial charge on any atom is 0.320 e. The Labute approximate surface area is 124 Å². The van der Waals surface area contributed by atoms with Crippen molar-refractivity contribution in [1.82, 2.24) is 0 Å². The monoisotopic (exact) mass is 382 g/mol. The molecule has 0 aromatic carbocycles. The van der Waals surface area contributed by atoms with Gasteiger partial charge >= 0.3 is 17.9 Å². The van der Waals surface area contributed by atoms with Gasteiger partial charge < -0.3 is 14.6 Å². The van der Waals surface area contributed by atoms with E-state index in [2.05, 4.69) is 32.1 Å². The van der Waals surface area contributed by atoms with Crippen molar-refractivity contribution in [3.05, 3.63) is 12.2 Å². The highest BCUT2D eigenvalue weighted by Crippen LogP contribution is 2.47. The summed E-state index contributed by atoms with van der Waals surface area (Å²) in [5, 5.41) is 8.87. The van der Waals surface area contributed by atoms with Gasteiger partial charge in [0.1, 0.15) is 0 Å². The van der Waals surface area contributed by atoms with Crippen LogP contribution in [-0.2, 0) is 23.9 Å². The van der Waals surface area contributed by atoms with E-state index in [1.54, 1.807) is 12.2 Å². The molecule has 1 rings (SSSR count). The van der Waals surface area contributed by atoms with E-state index in [-0.39, 0.29) is 22.2 Å². The molecule has 0 aromatic heterocycles. The number of hydrogen-bond donors (Lipinski definition) is 1. The summed E-state index contributed by atoms with van der Waals surface area (Å²) < 4.78 is 9.10. The van der Waals surface area contributed by atoms with Crippen LogP contribution in [0.4, 0.5) is 0 Å². The summed E-state index contributed by atoms with van der Waals surface area (Å²) in [5.41, 5.74) is 0. The number of allylic oxidation sites excluding steroid dienone is 2. The second-order valence-corrected chi connectivity index (χ2v) is 5.59. The zero-order valence-corrected chi connectivity index (χ0v) is 12.7. The van der Waals surface area contributed by atoms with Gasteiger partial charge in [0.05, 0.1) is 20.1 Å². The van der Waals surface area contributed by atoms with Gasteiger partial charge in [0.15, 0.2) is 5.92 Å². The van der Waals surface area contributed by atoms with Crippen LogP contribution in [0.2, 0.25) is 0 Å². The second kappa shape index (κ2) is 6.88. The second-order valence-electron chi connectivity index (χ2n) is 4.15. The Hall–Kier alpha value is -1.12. The van der Waals surface area contributed by atoms with Crippen LogP contribution in [0, 0.1) is 17.8 Å². The van der Waals surface area contributed by atoms with Gasteiger partial charge in [-0.2, -0.15) is 0 Å². The molecule has 1 fully saturated rings. The summed E-state index contributed by atoms with van der Waals surface area (Å²) >= 11 is 2.08. The van der Waals surface area contributed by atoms with Crippen molar-refractivity contribution in [3.63, 3.8) is 0 Å². The first-order valence-corrected chi connectivity index (χ1v) is 6.87. The summed E-state index contributed by atoms with van der Waals surface area (Å²) in [6.45, 7) is 0. The van der Waals surface area contributed by atoms with Crippen LogP contribution in [-0.4, -0.2) is 41.2 Å². The highest BCUT2D eigenvalue weighted by Gasteiger charge is 2.51. The lowest BCUT2D eigenvalue weighted by Gasteiger charge is -2.09. The molecule has 6 nitrogen and oxygen atoms in total. The van der Waals surface area contributed by atoms with Crippen molar-refractivity contribution < 1.29 is 29.0 Å². The number of rotatable bonds is 6. The van der Waals surface area contributed by atoms with Gasteiger partial charge in [0.25, 0.3) is 0 Å². The van der Waals surface area contributed by atoms with Crippen LogP contribution >= 0.6 is 22.6 Å². The molecule has 1 saturated carbocycles. The molecule has 0 spiro atoms. The van der Waals surface area contributed by atoms with E-state index in [1.165, 1.54) is 14.2 Å². The van der Waals surface area contributed by atoms with E-state index in [0.29, 0.717) is 0 Å². The Kier molecular flexibility index (Phi) is 5.77. The highest BCUT2D eigenvalue weighted by atomic mass is 127. The number of alkyl halides is 1. The molecule has 106 valence electrons. The highest BCUT2D eigenvalue weighted by molar-refractivity contribution is 14.1. The topological polar surface area (TPSA) is 89.9 Å². The number of carbonyl (C=O) groups excluding carboxylic acids is 2. The van der Waals surface area contributed by atoms with Crippen LogP contribution in [0.15, 0.2) is 12.2 Å². The molecule has 0 aliphatic heterocycles. The molecular formula is C12H15IO6. The quantitative estimate of drug-likeness (QED) is 0.243. The summed E-state index contributed by atoms with van der Waals surface area (Å²) in [4.78, 5) is 33.6. The van der Waals surface area contributed by atoms with Crippen LogP contribution < -0.4 is 0 Å². The predicted octanol–water partition coefficient (Wildman–Crippen LogP) is 1.03. The molecule has 0 radical (unpaired) electrons. The summed E-state index contributed by atoms with van der Waals surface area (Å²) in [7, 11) is 2.40. The van der Waals surface area contributed by atoms with Crippen LogP contribution in [0.25, 0.3) is 0 Å². The van der Waals surface area contributed by atoms with Gasteiger partial charge in [-0.15, -0.1) is 0 Å². The fraction of sp³-hybridized carbons (Fsp3) is 0.583. The van der Waals surface area contributed by atoms with Crippen LogP contribution in [0.5, 0.6) is 0 Å².